The highest BCUT2D eigenvalue weighted by Crippen LogP contribution is 2.39. The lowest BCUT2D eigenvalue weighted by Gasteiger charge is -2.36. The normalized spacial score (nSPS) is 17.9. The molecule has 4 rings (SSSR count). The number of carbonyl (C=O) groups is 1. The van der Waals surface area contributed by atoms with Gasteiger partial charge >= 0.3 is 5.97 Å². The maximum atomic E-state index is 13.0. The number of fused-ring (bicyclic) bond motifs is 1. The quantitative estimate of drug-likeness (QED) is 0.629. The van der Waals surface area contributed by atoms with Gasteiger partial charge in [-0.25, -0.2) is 4.79 Å². The Morgan fingerprint density at radius 2 is 1.89 bits per heavy atom. The van der Waals surface area contributed by atoms with Crippen molar-refractivity contribution in [3.05, 3.63) is 34.1 Å². The standard InChI is InChI=1S/C21H28N4O3/c1-3-23-7-9-24(10-8-23)19-12-18-15(11-17(19)22)20(26)16(21(27)28-4-2)13-25(18)14-5-6-14/h11-14H,3-10,22H2,1-2H3. The van der Waals surface area contributed by atoms with E-state index in [-0.39, 0.29) is 17.6 Å². The molecule has 0 radical (unpaired) electrons. The van der Waals surface area contributed by atoms with Crippen LogP contribution in [-0.2, 0) is 4.74 Å². The van der Waals surface area contributed by atoms with Crippen molar-refractivity contribution in [1.82, 2.24) is 9.47 Å². The molecule has 150 valence electrons. The van der Waals surface area contributed by atoms with E-state index in [0.717, 1.165) is 56.8 Å². The molecule has 2 N–H and O–H groups in total. The third-order valence-electron chi connectivity index (χ3n) is 5.78. The second-order valence-electron chi connectivity index (χ2n) is 7.58. The number of pyridine rings is 1. The highest BCUT2D eigenvalue weighted by molar-refractivity contribution is 5.96. The summed E-state index contributed by atoms with van der Waals surface area (Å²) in [5.41, 5.74) is 8.55. The first-order valence-electron chi connectivity index (χ1n) is 10.2. The molecule has 28 heavy (non-hydrogen) atoms. The molecule has 0 unspecified atom stereocenters. The van der Waals surface area contributed by atoms with Crippen LogP contribution in [0.5, 0.6) is 0 Å². The Balaban J connectivity index is 1.81. The molecule has 0 atom stereocenters. The molecule has 0 bridgehead atoms. The van der Waals surface area contributed by atoms with Gasteiger partial charge in [0.15, 0.2) is 0 Å². The zero-order valence-electron chi connectivity index (χ0n) is 16.6. The highest BCUT2D eigenvalue weighted by atomic mass is 16.5. The Morgan fingerprint density at radius 1 is 1.18 bits per heavy atom. The van der Waals surface area contributed by atoms with E-state index in [2.05, 4.69) is 21.3 Å². The molecule has 0 amide bonds. The molecule has 2 heterocycles. The minimum absolute atomic E-state index is 0.0879. The molecular weight excluding hydrogens is 356 g/mol. The molecule has 7 nitrogen and oxygen atoms in total. The van der Waals surface area contributed by atoms with E-state index >= 15 is 0 Å². The third-order valence-corrected chi connectivity index (χ3v) is 5.78. The van der Waals surface area contributed by atoms with Gasteiger partial charge in [0.25, 0.3) is 0 Å². The highest BCUT2D eigenvalue weighted by Gasteiger charge is 2.28. The van der Waals surface area contributed by atoms with Gasteiger partial charge < -0.3 is 24.8 Å². The monoisotopic (exact) mass is 384 g/mol. The summed E-state index contributed by atoms with van der Waals surface area (Å²) < 4.78 is 7.15. The summed E-state index contributed by atoms with van der Waals surface area (Å²) in [5.74, 6) is -0.567. The van der Waals surface area contributed by atoms with Crippen LogP contribution in [0.3, 0.4) is 0 Å². The van der Waals surface area contributed by atoms with Gasteiger partial charge in [-0.2, -0.15) is 0 Å². The Bertz CT molecular complexity index is 956. The maximum absolute atomic E-state index is 13.0. The summed E-state index contributed by atoms with van der Waals surface area (Å²) >= 11 is 0. The van der Waals surface area contributed by atoms with Crippen LogP contribution in [0, 0.1) is 0 Å². The molecule has 1 saturated heterocycles. The number of nitrogens with two attached hydrogens (primary N) is 1. The maximum Gasteiger partial charge on any atom is 0.343 e. The number of carbonyl (C=O) groups excluding carboxylic acids is 1. The molecule has 1 aromatic heterocycles. The summed E-state index contributed by atoms with van der Waals surface area (Å²) in [4.78, 5) is 30.0. The van der Waals surface area contributed by atoms with E-state index in [9.17, 15) is 9.59 Å². The number of likely N-dealkylation sites (N-methyl/N-ethyl adjacent to an activating group) is 1. The second kappa shape index (κ2) is 7.47. The molecular formula is C21H28N4O3. The number of aromatic nitrogens is 1. The van der Waals surface area contributed by atoms with Crippen molar-refractivity contribution >= 4 is 28.2 Å². The molecule has 7 heteroatoms. The number of hydrogen-bond donors (Lipinski definition) is 1. The molecule has 1 aromatic carbocycles. The first-order chi connectivity index (χ1) is 13.5. The van der Waals surface area contributed by atoms with E-state index in [0.29, 0.717) is 17.1 Å². The van der Waals surface area contributed by atoms with Crippen molar-refractivity contribution in [2.75, 3.05) is 50.0 Å². The first-order valence-corrected chi connectivity index (χ1v) is 10.2. The summed E-state index contributed by atoms with van der Waals surface area (Å²) in [7, 11) is 0. The van der Waals surface area contributed by atoms with Crippen molar-refractivity contribution in [3.63, 3.8) is 0 Å². The minimum Gasteiger partial charge on any atom is -0.462 e. The first kappa shape index (κ1) is 18.8. The predicted octanol–water partition coefficient (Wildman–Crippen LogP) is 2.24. The number of nitrogens with zero attached hydrogens (tertiary/aromatic N) is 3. The summed E-state index contributed by atoms with van der Waals surface area (Å²) in [6.07, 6.45) is 3.78. The zero-order chi connectivity index (χ0) is 19.8. The number of anilines is 2. The number of rotatable bonds is 5. The van der Waals surface area contributed by atoms with Gasteiger partial charge in [-0.3, -0.25) is 4.79 Å². The van der Waals surface area contributed by atoms with E-state index in [1.54, 1.807) is 19.2 Å². The van der Waals surface area contributed by atoms with Crippen molar-refractivity contribution in [2.24, 2.45) is 0 Å². The van der Waals surface area contributed by atoms with Crippen LogP contribution < -0.4 is 16.1 Å². The van der Waals surface area contributed by atoms with Gasteiger partial charge in [-0.15, -0.1) is 0 Å². The SMILES string of the molecule is CCOC(=O)c1cn(C2CC2)c2cc(N3CCN(CC)CC3)c(N)cc2c1=O. The van der Waals surface area contributed by atoms with Crippen LogP contribution in [0.15, 0.2) is 23.1 Å². The van der Waals surface area contributed by atoms with Crippen LogP contribution in [-0.4, -0.2) is 54.8 Å². The van der Waals surface area contributed by atoms with E-state index in [1.165, 1.54) is 0 Å². The number of ether oxygens (including phenoxy) is 1. The third kappa shape index (κ3) is 3.35. The number of benzene rings is 1. The molecule has 0 spiro atoms. The fourth-order valence-electron chi connectivity index (χ4n) is 3.99. The Kier molecular flexibility index (Phi) is 5.02. The van der Waals surface area contributed by atoms with Gasteiger partial charge in [0.1, 0.15) is 5.56 Å². The molecule has 2 aromatic rings. The van der Waals surface area contributed by atoms with Gasteiger partial charge in [-0.1, -0.05) is 6.92 Å². The number of nitrogen functional groups attached to an aromatic ring is 1. The van der Waals surface area contributed by atoms with E-state index in [1.807, 2.05) is 6.07 Å². The fraction of sp³-hybridized carbons (Fsp3) is 0.524. The molecule has 1 saturated carbocycles. The van der Waals surface area contributed by atoms with Gasteiger partial charge in [0.2, 0.25) is 5.43 Å². The molecule has 2 fully saturated rings. The van der Waals surface area contributed by atoms with Gasteiger partial charge in [0, 0.05) is 43.8 Å². The summed E-state index contributed by atoms with van der Waals surface area (Å²) in [5, 5.41) is 0.492. The van der Waals surface area contributed by atoms with Crippen molar-refractivity contribution in [3.8, 4) is 0 Å². The number of hydrogen-bond acceptors (Lipinski definition) is 6. The Labute approximate surface area is 164 Å². The van der Waals surface area contributed by atoms with Crippen LogP contribution in [0.2, 0.25) is 0 Å². The summed E-state index contributed by atoms with van der Waals surface area (Å²) in [6.45, 7) is 9.05. The summed E-state index contributed by atoms with van der Waals surface area (Å²) in [6, 6.07) is 4.09. The van der Waals surface area contributed by atoms with Crippen LogP contribution in [0.25, 0.3) is 10.9 Å². The average Bonchev–Trinajstić information content (AvgIpc) is 3.54. The van der Waals surface area contributed by atoms with Crippen LogP contribution in [0.1, 0.15) is 43.1 Å². The lowest BCUT2D eigenvalue weighted by molar-refractivity contribution is 0.0524. The Hall–Kier alpha value is -2.54. The van der Waals surface area contributed by atoms with Crippen molar-refractivity contribution < 1.29 is 9.53 Å². The largest absolute Gasteiger partial charge is 0.462 e. The molecule has 1 aliphatic carbocycles. The van der Waals surface area contributed by atoms with Gasteiger partial charge in [0.05, 0.1) is 23.5 Å². The smallest absolute Gasteiger partial charge is 0.343 e. The average molecular weight is 384 g/mol. The fourth-order valence-corrected chi connectivity index (χ4v) is 3.99. The zero-order valence-corrected chi connectivity index (χ0v) is 16.6. The van der Waals surface area contributed by atoms with Gasteiger partial charge in [-0.05, 0) is 38.4 Å². The lowest BCUT2D eigenvalue weighted by Crippen LogP contribution is -2.46. The minimum atomic E-state index is -0.567. The predicted molar refractivity (Wildman–Crippen MR) is 111 cm³/mol. The Morgan fingerprint density at radius 3 is 2.50 bits per heavy atom. The van der Waals surface area contributed by atoms with Crippen LogP contribution in [0.4, 0.5) is 11.4 Å². The van der Waals surface area contributed by atoms with E-state index < -0.39 is 5.97 Å². The molecule has 2 aliphatic rings. The van der Waals surface area contributed by atoms with Crippen molar-refractivity contribution in [1.29, 1.82) is 0 Å². The topological polar surface area (TPSA) is 80.8 Å². The van der Waals surface area contributed by atoms with E-state index in [4.69, 9.17) is 10.5 Å². The van der Waals surface area contributed by atoms with Crippen molar-refractivity contribution in [2.45, 2.75) is 32.7 Å². The number of esters is 1. The van der Waals surface area contributed by atoms with Crippen LogP contribution >= 0.6 is 0 Å². The molecule has 1 aliphatic heterocycles. The second-order valence-corrected chi connectivity index (χ2v) is 7.58. The lowest BCUT2D eigenvalue weighted by atomic mass is 10.1. The number of piperazine rings is 1.